The van der Waals surface area contributed by atoms with Crippen molar-refractivity contribution >= 4 is 11.8 Å². The van der Waals surface area contributed by atoms with Crippen LogP contribution >= 0.6 is 0 Å². The molecule has 178 valence electrons. The zero-order valence-electron chi connectivity index (χ0n) is 19.9. The number of hydrogen-bond donors (Lipinski definition) is 1. The van der Waals surface area contributed by atoms with Gasteiger partial charge in [-0.05, 0) is 35.1 Å². The Balaban J connectivity index is 1.52. The number of hydrogen-bond acceptors (Lipinski definition) is 4. The van der Waals surface area contributed by atoms with Gasteiger partial charge in [-0.1, -0.05) is 87.9 Å². The molecule has 1 aliphatic rings. The van der Waals surface area contributed by atoms with E-state index in [1.54, 1.807) is 12.1 Å². The first kappa shape index (κ1) is 23.9. The predicted molar refractivity (Wildman–Crippen MR) is 132 cm³/mol. The lowest BCUT2D eigenvalue weighted by atomic mass is 9.86. The molecule has 1 N–H and O–H groups in total. The highest BCUT2D eigenvalue weighted by Crippen LogP contribution is 2.27. The van der Waals surface area contributed by atoms with Gasteiger partial charge in [-0.15, -0.1) is 5.10 Å². The van der Waals surface area contributed by atoms with Crippen LogP contribution in [-0.2, 0) is 13.0 Å². The summed E-state index contributed by atoms with van der Waals surface area (Å²) in [4.78, 5) is 29.1. The first-order valence-electron chi connectivity index (χ1n) is 12.4. The average molecular weight is 460 g/mol. The van der Waals surface area contributed by atoms with E-state index in [4.69, 9.17) is 0 Å². The molecule has 1 heterocycles. The molecule has 0 unspecified atom stereocenters. The number of carbonyl (C=O) groups excluding carboxylic acids is 1. The quantitative estimate of drug-likeness (QED) is 0.366. The Hall–Kier alpha value is -3.28. The molecule has 6 heteroatoms. The molecule has 3 aromatic rings. The Labute approximate surface area is 201 Å². The molecule has 0 atom stereocenters. The second-order valence-corrected chi connectivity index (χ2v) is 9.29. The van der Waals surface area contributed by atoms with Gasteiger partial charge in [0.05, 0.1) is 12.1 Å². The van der Waals surface area contributed by atoms with E-state index in [2.05, 4.69) is 17.0 Å². The summed E-state index contributed by atoms with van der Waals surface area (Å²) in [6.45, 7) is 2.67. The number of rotatable bonds is 10. The topological polar surface area (TPSA) is 85.1 Å². The van der Waals surface area contributed by atoms with Gasteiger partial charge in [0.15, 0.2) is 0 Å². The number of unbranched alkanes of at least 4 members (excludes halogenated alkanes) is 1. The Morgan fingerprint density at radius 3 is 2.47 bits per heavy atom. The van der Waals surface area contributed by atoms with E-state index in [0.29, 0.717) is 30.3 Å². The summed E-state index contributed by atoms with van der Waals surface area (Å²) in [6, 6.07) is 14.9. The number of aromatic nitrogens is 3. The molecule has 0 bridgehead atoms. The summed E-state index contributed by atoms with van der Waals surface area (Å²) >= 11 is 0. The van der Waals surface area contributed by atoms with Crippen LogP contribution in [0.4, 0.5) is 0 Å². The summed E-state index contributed by atoms with van der Waals surface area (Å²) in [7, 11) is 0. The van der Waals surface area contributed by atoms with Gasteiger partial charge in [-0.2, -0.15) is 0 Å². The van der Waals surface area contributed by atoms with Crippen LogP contribution in [0.1, 0.15) is 90.7 Å². The molecule has 4 rings (SSSR count). The SMILES string of the molecule is CCCCc1nc(C(=O)CC2CCCCC2)nn1Cc1ccc(-c2ccccc2C(=O)O)cc1. The molecule has 1 aromatic heterocycles. The highest BCUT2D eigenvalue weighted by Gasteiger charge is 2.22. The lowest BCUT2D eigenvalue weighted by Crippen LogP contribution is -2.13. The van der Waals surface area contributed by atoms with Crippen LogP contribution in [0.15, 0.2) is 48.5 Å². The lowest BCUT2D eigenvalue weighted by molar-refractivity contribution is 0.0697. The fourth-order valence-electron chi connectivity index (χ4n) is 4.77. The van der Waals surface area contributed by atoms with Crippen LogP contribution < -0.4 is 0 Å². The van der Waals surface area contributed by atoms with Crippen molar-refractivity contribution in [2.45, 2.75) is 71.3 Å². The molecule has 2 aromatic carbocycles. The van der Waals surface area contributed by atoms with Crippen molar-refractivity contribution < 1.29 is 14.7 Å². The van der Waals surface area contributed by atoms with Crippen LogP contribution in [-0.4, -0.2) is 31.6 Å². The van der Waals surface area contributed by atoms with E-state index in [1.165, 1.54) is 19.3 Å². The molecule has 0 saturated heterocycles. The van der Waals surface area contributed by atoms with Crippen LogP contribution in [0.3, 0.4) is 0 Å². The number of carboxylic acid groups (broad SMARTS) is 1. The van der Waals surface area contributed by atoms with Crippen LogP contribution in [0, 0.1) is 5.92 Å². The second kappa shape index (κ2) is 11.2. The molecule has 1 fully saturated rings. The van der Waals surface area contributed by atoms with Crippen molar-refractivity contribution in [2.75, 3.05) is 0 Å². The Morgan fingerprint density at radius 2 is 1.76 bits per heavy atom. The number of ketones is 1. The van der Waals surface area contributed by atoms with E-state index >= 15 is 0 Å². The molecular formula is C28H33N3O3. The third-order valence-electron chi connectivity index (χ3n) is 6.71. The number of carboxylic acids is 1. The standard InChI is InChI=1S/C28H33N3O3/c1-2-3-13-26-29-27(25(32)18-20-9-5-4-6-10-20)30-31(26)19-21-14-16-22(17-15-21)23-11-7-8-12-24(23)28(33)34/h7-8,11-12,14-17,20H,2-6,9-10,13,18-19H2,1H3,(H,33,34). The highest BCUT2D eigenvalue weighted by atomic mass is 16.4. The van der Waals surface area contributed by atoms with E-state index in [0.717, 1.165) is 49.1 Å². The number of benzene rings is 2. The average Bonchev–Trinajstić information content (AvgIpc) is 3.26. The maximum Gasteiger partial charge on any atom is 0.336 e. The summed E-state index contributed by atoms with van der Waals surface area (Å²) in [5.41, 5.74) is 2.87. The van der Waals surface area contributed by atoms with Crippen LogP contribution in [0.25, 0.3) is 11.1 Å². The number of aromatic carboxylic acids is 1. The lowest BCUT2D eigenvalue weighted by Gasteiger charge is -2.19. The Bertz CT molecular complexity index is 1130. The van der Waals surface area contributed by atoms with Gasteiger partial charge in [-0.25, -0.2) is 14.5 Å². The first-order chi connectivity index (χ1) is 16.5. The number of aryl methyl sites for hydroxylation is 1. The molecule has 0 aliphatic heterocycles. The van der Waals surface area contributed by atoms with Gasteiger partial charge in [0, 0.05) is 12.8 Å². The largest absolute Gasteiger partial charge is 0.478 e. The van der Waals surface area contributed by atoms with Crippen molar-refractivity contribution in [1.82, 2.24) is 14.8 Å². The smallest absolute Gasteiger partial charge is 0.336 e. The van der Waals surface area contributed by atoms with Gasteiger partial charge < -0.3 is 5.11 Å². The molecule has 34 heavy (non-hydrogen) atoms. The third-order valence-corrected chi connectivity index (χ3v) is 6.71. The third kappa shape index (κ3) is 5.79. The minimum absolute atomic E-state index is 0.0593. The fourth-order valence-corrected chi connectivity index (χ4v) is 4.77. The number of nitrogens with zero attached hydrogens (tertiary/aromatic N) is 3. The molecule has 0 radical (unpaired) electrons. The minimum atomic E-state index is -0.937. The van der Waals surface area contributed by atoms with Crippen molar-refractivity contribution in [2.24, 2.45) is 5.92 Å². The zero-order valence-corrected chi connectivity index (χ0v) is 19.9. The maximum atomic E-state index is 12.9. The summed E-state index contributed by atoms with van der Waals surface area (Å²) in [5, 5.41) is 14.1. The van der Waals surface area contributed by atoms with Gasteiger partial charge in [0.1, 0.15) is 5.82 Å². The number of Topliss-reactive ketones (excluding diaryl/α,β-unsaturated/α-hetero) is 1. The van der Waals surface area contributed by atoms with Gasteiger partial charge in [-0.3, -0.25) is 4.79 Å². The molecule has 6 nitrogen and oxygen atoms in total. The van der Waals surface area contributed by atoms with E-state index < -0.39 is 5.97 Å². The van der Waals surface area contributed by atoms with Gasteiger partial charge >= 0.3 is 5.97 Å². The summed E-state index contributed by atoms with van der Waals surface area (Å²) in [6.07, 6.45) is 9.37. The fraction of sp³-hybridized carbons (Fsp3) is 0.429. The summed E-state index contributed by atoms with van der Waals surface area (Å²) < 4.78 is 1.87. The van der Waals surface area contributed by atoms with Crippen molar-refractivity contribution in [3.63, 3.8) is 0 Å². The van der Waals surface area contributed by atoms with Crippen LogP contribution in [0.5, 0.6) is 0 Å². The van der Waals surface area contributed by atoms with Crippen molar-refractivity contribution in [3.8, 4) is 11.1 Å². The molecule has 1 saturated carbocycles. The highest BCUT2D eigenvalue weighted by molar-refractivity contribution is 5.96. The maximum absolute atomic E-state index is 12.9. The molecule has 0 amide bonds. The molecule has 1 aliphatic carbocycles. The summed E-state index contributed by atoms with van der Waals surface area (Å²) in [5.74, 6) is 0.795. The predicted octanol–water partition coefficient (Wildman–Crippen LogP) is 6.19. The number of carbonyl (C=O) groups is 2. The van der Waals surface area contributed by atoms with E-state index in [1.807, 2.05) is 41.1 Å². The van der Waals surface area contributed by atoms with E-state index in [-0.39, 0.29) is 11.3 Å². The van der Waals surface area contributed by atoms with Gasteiger partial charge in [0.2, 0.25) is 11.6 Å². The normalized spacial score (nSPS) is 14.3. The monoisotopic (exact) mass is 459 g/mol. The Kier molecular flexibility index (Phi) is 7.88. The zero-order chi connectivity index (χ0) is 23.9. The van der Waals surface area contributed by atoms with Gasteiger partial charge in [0.25, 0.3) is 0 Å². The van der Waals surface area contributed by atoms with E-state index in [9.17, 15) is 14.7 Å². The molecular weight excluding hydrogens is 426 g/mol. The van der Waals surface area contributed by atoms with Crippen LogP contribution in [0.2, 0.25) is 0 Å². The second-order valence-electron chi connectivity index (χ2n) is 9.29. The minimum Gasteiger partial charge on any atom is -0.478 e. The molecule has 0 spiro atoms. The Morgan fingerprint density at radius 1 is 1.03 bits per heavy atom. The first-order valence-corrected chi connectivity index (χ1v) is 12.4. The van der Waals surface area contributed by atoms with Crippen molar-refractivity contribution in [3.05, 3.63) is 71.3 Å². The van der Waals surface area contributed by atoms with Crippen molar-refractivity contribution in [1.29, 1.82) is 0 Å².